The molecule has 2 aromatic heterocycles. The number of fused-ring (bicyclic) bond motifs is 1. The molecule has 2 heterocycles. The highest BCUT2D eigenvalue weighted by Gasteiger charge is 2.06. The number of aromatic nitrogens is 2. The summed E-state index contributed by atoms with van der Waals surface area (Å²) in [5.41, 5.74) is 1.23. The summed E-state index contributed by atoms with van der Waals surface area (Å²) in [5, 5.41) is 3.96. The minimum absolute atomic E-state index is 0.141. The Morgan fingerprint density at radius 2 is 2.20 bits per heavy atom. The maximum Gasteiger partial charge on any atom is 0.274 e. The number of pyridine rings is 2. The third-order valence-electron chi connectivity index (χ3n) is 2.52. The lowest BCUT2D eigenvalue weighted by molar-refractivity contribution is 0.635. The monoisotopic (exact) mass is 203 g/mol. The first-order valence-electron chi connectivity index (χ1n) is 4.88. The van der Waals surface area contributed by atoms with Gasteiger partial charge < -0.3 is 10.3 Å². The molecule has 0 bridgehead atoms. The fraction of sp³-hybridized carbons (Fsp3) is 0.273. The molecule has 0 aliphatic heterocycles. The van der Waals surface area contributed by atoms with Gasteiger partial charge in [-0.25, -0.2) is 4.98 Å². The van der Waals surface area contributed by atoms with Crippen LogP contribution >= 0.6 is 0 Å². The van der Waals surface area contributed by atoms with Crippen molar-refractivity contribution in [1.29, 1.82) is 0 Å². The van der Waals surface area contributed by atoms with Crippen LogP contribution in [0.25, 0.3) is 10.9 Å². The zero-order chi connectivity index (χ0) is 10.8. The normalized spacial score (nSPS) is 12.9. The van der Waals surface area contributed by atoms with E-state index in [0.717, 1.165) is 11.1 Å². The second kappa shape index (κ2) is 3.82. The molecule has 15 heavy (non-hydrogen) atoms. The molecular formula is C11H13N3O. The molecule has 0 saturated heterocycles. The first-order chi connectivity index (χ1) is 7.22. The van der Waals surface area contributed by atoms with Crippen molar-refractivity contribution in [2.45, 2.75) is 13.0 Å². The van der Waals surface area contributed by atoms with Crippen molar-refractivity contribution in [3.05, 3.63) is 40.4 Å². The molecule has 0 aromatic carbocycles. The van der Waals surface area contributed by atoms with Crippen LogP contribution < -0.4 is 10.9 Å². The molecule has 4 heteroatoms. The van der Waals surface area contributed by atoms with Crippen molar-refractivity contribution in [2.24, 2.45) is 0 Å². The van der Waals surface area contributed by atoms with E-state index in [1.165, 1.54) is 0 Å². The maximum absolute atomic E-state index is 11.5. The topological polar surface area (TPSA) is 57.8 Å². The molecule has 2 aromatic rings. The first kappa shape index (κ1) is 9.86. The Balaban J connectivity index is 2.65. The second-order valence-corrected chi connectivity index (χ2v) is 3.49. The predicted molar refractivity (Wildman–Crippen MR) is 59.8 cm³/mol. The lowest BCUT2D eigenvalue weighted by Crippen LogP contribution is -2.15. The van der Waals surface area contributed by atoms with Crippen molar-refractivity contribution in [1.82, 2.24) is 15.3 Å². The Morgan fingerprint density at radius 1 is 1.40 bits per heavy atom. The Morgan fingerprint density at radius 3 is 2.93 bits per heavy atom. The van der Waals surface area contributed by atoms with Crippen LogP contribution in [0.4, 0.5) is 0 Å². The number of H-pyrrole nitrogens is 1. The maximum atomic E-state index is 11.5. The van der Waals surface area contributed by atoms with Crippen LogP contribution in [0.15, 0.2) is 29.2 Å². The number of aromatic amines is 1. The fourth-order valence-corrected chi connectivity index (χ4v) is 1.47. The van der Waals surface area contributed by atoms with E-state index in [0.29, 0.717) is 5.52 Å². The zero-order valence-corrected chi connectivity index (χ0v) is 8.74. The summed E-state index contributed by atoms with van der Waals surface area (Å²) < 4.78 is 0. The van der Waals surface area contributed by atoms with Gasteiger partial charge in [0, 0.05) is 17.6 Å². The molecule has 2 rings (SSSR count). The van der Waals surface area contributed by atoms with E-state index in [4.69, 9.17) is 0 Å². The van der Waals surface area contributed by atoms with Crippen LogP contribution in [0.5, 0.6) is 0 Å². The van der Waals surface area contributed by atoms with Crippen LogP contribution in [0, 0.1) is 0 Å². The SMILES string of the molecule is CNC(C)c1ccc2cc[nH]c(=O)c2n1. The molecule has 0 radical (unpaired) electrons. The van der Waals surface area contributed by atoms with Crippen LogP contribution in [-0.4, -0.2) is 17.0 Å². The van der Waals surface area contributed by atoms with Gasteiger partial charge in [-0.1, -0.05) is 6.07 Å². The van der Waals surface area contributed by atoms with Gasteiger partial charge in [-0.3, -0.25) is 4.79 Å². The third-order valence-corrected chi connectivity index (χ3v) is 2.52. The molecule has 1 atom stereocenters. The van der Waals surface area contributed by atoms with E-state index >= 15 is 0 Å². The van der Waals surface area contributed by atoms with Gasteiger partial charge in [0.2, 0.25) is 0 Å². The smallest absolute Gasteiger partial charge is 0.274 e. The highest BCUT2D eigenvalue weighted by molar-refractivity contribution is 5.77. The minimum Gasteiger partial charge on any atom is -0.327 e. The minimum atomic E-state index is -0.141. The quantitative estimate of drug-likeness (QED) is 0.771. The van der Waals surface area contributed by atoms with Crippen LogP contribution in [-0.2, 0) is 0 Å². The fourth-order valence-electron chi connectivity index (χ4n) is 1.47. The lowest BCUT2D eigenvalue weighted by Gasteiger charge is -2.09. The Bertz CT molecular complexity index is 533. The van der Waals surface area contributed by atoms with Crippen molar-refractivity contribution >= 4 is 10.9 Å². The van der Waals surface area contributed by atoms with E-state index in [9.17, 15) is 4.79 Å². The molecule has 0 fully saturated rings. The van der Waals surface area contributed by atoms with E-state index in [-0.39, 0.29) is 11.6 Å². The van der Waals surface area contributed by atoms with Crippen LogP contribution in [0.1, 0.15) is 18.7 Å². The molecule has 1 unspecified atom stereocenters. The van der Waals surface area contributed by atoms with Crippen LogP contribution in [0.2, 0.25) is 0 Å². The molecule has 0 aliphatic carbocycles. The Hall–Kier alpha value is -1.68. The first-order valence-corrected chi connectivity index (χ1v) is 4.88. The van der Waals surface area contributed by atoms with Crippen molar-refractivity contribution in [3.63, 3.8) is 0 Å². The third kappa shape index (κ3) is 1.76. The summed E-state index contributed by atoms with van der Waals surface area (Å²) in [6.45, 7) is 2.01. The van der Waals surface area contributed by atoms with Crippen LogP contribution in [0.3, 0.4) is 0 Å². The summed E-state index contributed by atoms with van der Waals surface area (Å²) >= 11 is 0. The van der Waals surface area contributed by atoms with E-state index in [1.807, 2.05) is 32.2 Å². The molecule has 0 saturated carbocycles. The Labute approximate surface area is 87.4 Å². The van der Waals surface area contributed by atoms with E-state index < -0.39 is 0 Å². The van der Waals surface area contributed by atoms with Gasteiger partial charge in [0.25, 0.3) is 5.56 Å². The number of hydrogen-bond donors (Lipinski definition) is 2. The highest BCUT2D eigenvalue weighted by Crippen LogP contribution is 2.12. The number of nitrogens with one attached hydrogen (secondary N) is 2. The Kier molecular flexibility index (Phi) is 2.51. The summed E-state index contributed by atoms with van der Waals surface area (Å²) in [6.07, 6.45) is 1.63. The van der Waals surface area contributed by atoms with Gasteiger partial charge in [-0.05, 0) is 26.1 Å². The number of hydrogen-bond acceptors (Lipinski definition) is 3. The molecule has 2 N–H and O–H groups in total. The zero-order valence-electron chi connectivity index (χ0n) is 8.74. The average Bonchev–Trinajstić information content (AvgIpc) is 2.28. The molecule has 0 spiro atoms. The van der Waals surface area contributed by atoms with Gasteiger partial charge in [0.1, 0.15) is 5.52 Å². The average molecular weight is 203 g/mol. The molecule has 78 valence electrons. The standard InChI is InChI=1S/C11H13N3O/c1-7(12-2)9-4-3-8-5-6-13-11(15)10(8)14-9/h3-7,12H,1-2H3,(H,13,15). The van der Waals surface area contributed by atoms with Crippen molar-refractivity contribution < 1.29 is 0 Å². The molecule has 0 amide bonds. The van der Waals surface area contributed by atoms with Gasteiger partial charge in [0.05, 0.1) is 5.69 Å². The second-order valence-electron chi connectivity index (χ2n) is 3.49. The molecular weight excluding hydrogens is 190 g/mol. The number of nitrogens with zero attached hydrogens (tertiary/aromatic N) is 1. The summed E-state index contributed by atoms with van der Waals surface area (Å²) in [7, 11) is 1.87. The van der Waals surface area contributed by atoms with Gasteiger partial charge in [-0.2, -0.15) is 0 Å². The van der Waals surface area contributed by atoms with E-state index in [2.05, 4.69) is 15.3 Å². The molecule has 0 aliphatic rings. The number of rotatable bonds is 2. The predicted octanol–water partition coefficient (Wildman–Crippen LogP) is 1.20. The summed E-state index contributed by atoms with van der Waals surface area (Å²) in [4.78, 5) is 18.5. The lowest BCUT2D eigenvalue weighted by atomic mass is 10.2. The van der Waals surface area contributed by atoms with Gasteiger partial charge >= 0.3 is 0 Å². The van der Waals surface area contributed by atoms with E-state index in [1.54, 1.807) is 6.20 Å². The van der Waals surface area contributed by atoms with Crippen molar-refractivity contribution in [2.75, 3.05) is 7.05 Å². The van der Waals surface area contributed by atoms with Gasteiger partial charge in [0.15, 0.2) is 0 Å². The molecule has 4 nitrogen and oxygen atoms in total. The van der Waals surface area contributed by atoms with Gasteiger partial charge in [-0.15, -0.1) is 0 Å². The summed E-state index contributed by atoms with van der Waals surface area (Å²) in [6, 6.07) is 5.84. The van der Waals surface area contributed by atoms with Crippen molar-refractivity contribution in [3.8, 4) is 0 Å². The largest absolute Gasteiger partial charge is 0.327 e. The highest BCUT2D eigenvalue weighted by atomic mass is 16.1. The summed E-state index contributed by atoms with van der Waals surface area (Å²) in [5.74, 6) is 0.